The van der Waals surface area contributed by atoms with Crippen molar-refractivity contribution >= 4 is 44.6 Å². The molecule has 6 aromatic carbocycles. The van der Waals surface area contributed by atoms with Gasteiger partial charge >= 0.3 is 0 Å². The molecule has 0 bridgehead atoms. The molecule has 1 unspecified atom stereocenters. The zero-order valence-corrected chi connectivity index (χ0v) is 25.2. The van der Waals surface area contributed by atoms with Gasteiger partial charge in [-0.3, -0.25) is 4.99 Å². The molecule has 0 radical (unpaired) electrons. The quantitative estimate of drug-likeness (QED) is 0.185. The summed E-state index contributed by atoms with van der Waals surface area (Å²) in [6.07, 6.45) is 10.7. The third kappa shape index (κ3) is 5.28. The number of hydrogen-bond donors (Lipinski definition) is 0. The minimum absolute atomic E-state index is 0.175. The van der Waals surface area contributed by atoms with Gasteiger partial charge in [0, 0.05) is 17.9 Å². The van der Waals surface area contributed by atoms with E-state index >= 15 is 0 Å². The van der Waals surface area contributed by atoms with E-state index in [-0.39, 0.29) is 5.92 Å². The van der Waals surface area contributed by atoms with Crippen molar-refractivity contribution in [3.63, 3.8) is 0 Å². The Balaban J connectivity index is 1.20. The first-order valence-electron chi connectivity index (χ1n) is 15.7. The zero-order chi connectivity index (χ0) is 30.2. The summed E-state index contributed by atoms with van der Waals surface area (Å²) >= 11 is 0. The summed E-state index contributed by atoms with van der Waals surface area (Å²) in [6, 6.07) is 48.2. The van der Waals surface area contributed by atoms with Crippen LogP contribution in [0, 0.1) is 0 Å². The van der Waals surface area contributed by atoms with Crippen molar-refractivity contribution in [1.29, 1.82) is 0 Å². The second kappa shape index (κ2) is 11.5. The molecule has 1 nitrogen and oxygen atoms in total. The van der Waals surface area contributed by atoms with Gasteiger partial charge in [0.1, 0.15) is 0 Å². The van der Waals surface area contributed by atoms with E-state index in [1.807, 2.05) is 0 Å². The molecule has 45 heavy (non-hydrogen) atoms. The maximum absolute atomic E-state index is 5.37. The number of rotatable bonds is 4. The van der Waals surface area contributed by atoms with E-state index in [0.29, 0.717) is 0 Å². The average Bonchev–Trinajstić information content (AvgIpc) is 3.42. The minimum atomic E-state index is 0.175. The Morgan fingerprint density at radius 2 is 1.20 bits per heavy atom. The molecule has 0 amide bonds. The fourth-order valence-corrected chi connectivity index (χ4v) is 6.77. The highest BCUT2D eigenvalue weighted by atomic mass is 14.8. The molecule has 8 rings (SSSR count). The molecule has 0 saturated heterocycles. The molecule has 0 saturated carbocycles. The van der Waals surface area contributed by atoms with Crippen LogP contribution < -0.4 is 0 Å². The number of nitrogens with zero attached hydrogens (tertiary/aromatic N) is 1. The van der Waals surface area contributed by atoms with Crippen molar-refractivity contribution in [2.24, 2.45) is 4.99 Å². The highest BCUT2D eigenvalue weighted by Crippen LogP contribution is 2.38. The Labute approximate surface area is 264 Å². The van der Waals surface area contributed by atoms with Crippen LogP contribution in [-0.4, -0.2) is 5.71 Å². The molecule has 0 spiro atoms. The Morgan fingerprint density at radius 3 is 1.96 bits per heavy atom. The van der Waals surface area contributed by atoms with Gasteiger partial charge in [-0.15, -0.1) is 0 Å². The maximum Gasteiger partial charge on any atom is 0.0711 e. The van der Waals surface area contributed by atoms with Gasteiger partial charge in [-0.05, 0) is 79.6 Å². The zero-order valence-electron chi connectivity index (χ0n) is 25.2. The lowest BCUT2D eigenvalue weighted by Gasteiger charge is -2.21. The maximum atomic E-state index is 5.37. The van der Waals surface area contributed by atoms with Crippen LogP contribution >= 0.6 is 0 Å². The molecule has 2 aliphatic rings. The summed E-state index contributed by atoms with van der Waals surface area (Å²) in [5, 5.41) is 4.95. The normalized spacial score (nSPS) is 16.4. The first kappa shape index (κ1) is 27.0. The molecule has 6 aromatic rings. The van der Waals surface area contributed by atoms with Crippen LogP contribution in [0.2, 0.25) is 0 Å². The van der Waals surface area contributed by atoms with E-state index in [0.717, 1.165) is 35.4 Å². The van der Waals surface area contributed by atoms with Crippen LogP contribution in [0.4, 0.5) is 0 Å². The molecule has 1 heterocycles. The third-order valence-corrected chi connectivity index (χ3v) is 9.16. The van der Waals surface area contributed by atoms with Gasteiger partial charge < -0.3 is 0 Å². The van der Waals surface area contributed by atoms with Crippen molar-refractivity contribution in [3.05, 3.63) is 197 Å². The van der Waals surface area contributed by atoms with Crippen molar-refractivity contribution in [3.8, 4) is 0 Å². The largest absolute Gasteiger partial charge is 0.252 e. The average molecular weight is 576 g/mol. The van der Waals surface area contributed by atoms with E-state index in [1.165, 1.54) is 54.9 Å². The van der Waals surface area contributed by atoms with Gasteiger partial charge in [-0.1, -0.05) is 152 Å². The van der Waals surface area contributed by atoms with Crippen LogP contribution in [0.15, 0.2) is 169 Å². The Kier molecular flexibility index (Phi) is 6.93. The third-order valence-electron chi connectivity index (χ3n) is 9.16. The van der Waals surface area contributed by atoms with Gasteiger partial charge in [0.25, 0.3) is 0 Å². The van der Waals surface area contributed by atoms with Crippen LogP contribution in [-0.2, 0) is 0 Å². The van der Waals surface area contributed by atoms with Gasteiger partial charge in [0.2, 0.25) is 0 Å². The fraction of sp³-hybridized carbons (Fsp3) is 0.0682. The smallest absolute Gasteiger partial charge is 0.0711 e. The predicted molar refractivity (Wildman–Crippen MR) is 193 cm³/mol. The van der Waals surface area contributed by atoms with E-state index in [9.17, 15) is 0 Å². The lowest BCUT2D eigenvalue weighted by Crippen LogP contribution is -2.06. The van der Waals surface area contributed by atoms with Crippen LogP contribution in [0.3, 0.4) is 0 Å². The van der Waals surface area contributed by atoms with Gasteiger partial charge in [0.05, 0.1) is 11.4 Å². The molecule has 0 fully saturated rings. The fourth-order valence-electron chi connectivity index (χ4n) is 6.77. The second-order valence-corrected chi connectivity index (χ2v) is 12.0. The van der Waals surface area contributed by atoms with Crippen molar-refractivity contribution in [1.82, 2.24) is 0 Å². The number of hydrogen-bond acceptors (Lipinski definition) is 1. The van der Waals surface area contributed by atoms with E-state index in [2.05, 4.69) is 164 Å². The summed E-state index contributed by atoms with van der Waals surface area (Å²) in [4.78, 5) is 5.37. The highest BCUT2D eigenvalue weighted by Gasteiger charge is 2.22. The Bertz CT molecular complexity index is 2220. The summed E-state index contributed by atoms with van der Waals surface area (Å²) in [6.45, 7) is 4.49. The van der Waals surface area contributed by atoms with Gasteiger partial charge in [-0.25, -0.2) is 0 Å². The van der Waals surface area contributed by atoms with E-state index < -0.39 is 0 Å². The topological polar surface area (TPSA) is 12.4 Å². The lowest BCUT2D eigenvalue weighted by molar-refractivity contribution is 0.921. The van der Waals surface area contributed by atoms with Crippen LogP contribution in [0.5, 0.6) is 0 Å². The monoisotopic (exact) mass is 575 g/mol. The summed E-state index contributed by atoms with van der Waals surface area (Å²) in [5.41, 5.74) is 11.8. The molecule has 214 valence electrons. The SMILES string of the molecule is C=C1CC=Cc2ccccc2C1c1ccc(C2=NC(c3ccc4ccccc4c3)=CC(c3ccc4ccccc4c3)=CC2)cc1. The Morgan fingerprint density at radius 1 is 0.578 bits per heavy atom. The highest BCUT2D eigenvalue weighted by molar-refractivity contribution is 6.07. The van der Waals surface area contributed by atoms with E-state index in [1.54, 1.807) is 0 Å². The number of aliphatic imine (C=N–C) groups is 1. The van der Waals surface area contributed by atoms with Crippen molar-refractivity contribution < 1.29 is 0 Å². The first-order valence-corrected chi connectivity index (χ1v) is 15.7. The Hall–Kier alpha value is -5.53. The summed E-state index contributed by atoms with van der Waals surface area (Å²) < 4.78 is 0. The molecule has 1 atom stereocenters. The summed E-state index contributed by atoms with van der Waals surface area (Å²) in [5.74, 6) is 0.175. The van der Waals surface area contributed by atoms with Crippen molar-refractivity contribution in [2.45, 2.75) is 18.8 Å². The first-order chi connectivity index (χ1) is 22.2. The number of fused-ring (bicyclic) bond motifs is 3. The van der Waals surface area contributed by atoms with Crippen LogP contribution in [0.25, 0.3) is 38.9 Å². The van der Waals surface area contributed by atoms with Crippen LogP contribution in [0.1, 0.15) is 52.1 Å². The summed E-state index contributed by atoms with van der Waals surface area (Å²) in [7, 11) is 0. The molecule has 1 aliphatic heterocycles. The lowest BCUT2D eigenvalue weighted by atomic mass is 9.83. The molecule has 0 N–H and O–H groups in total. The molecular weight excluding hydrogens is 542 g/mol. The predicted octanol–water partition coefficient (Wildman–Crippen LogP) is 11.4. The van der Waals surface area contributed by atoms with Gasteiger partial charge in [0.15, 0.2) is 0 Å². The molecular formula is C44H33N. The standard InChI is InChI=1S/C44H33N/c1-30-9-8-15-33-12-6-7-16-41(33)44(30)35-21-19-34(20-22-35)42-26-25-39(38-23-17-31-10-2-4-13-36(31)27-38)29-43(45-42)40-24-18-32-11-3-5-14-37(32)28-40/h2-8,10-25,27-29,44H,1,9,26H2. The van der Waals surface area contributed by atoms with Crippen molar-refractivity contribution in [2.75, 3.05) is 0 Å². The molecule has 1 heteroatoms. The number of allylic oxidation sites excluding steroid dienone is 5. The van der Waals surface area contributed by atoms with E-state index in [4.69, 9.17) is 4.99 Å². The molecule has 0 aromatic heterocycles. The molecule has 1 aliphatic carbocycles. The number of benzene rings is 6. The minimum Gasteiger partial charge on any atom is -0.252 e. The second-order valence-electron chi connectivity index (χ2n) is 12.0. The van der Waals surface area contributed by atoms with Gasteiger partial charge in [-0.2, -0.15) is 0 Å².